The van der Waals surface area contributed by atoms with Crippen molar-refractivity contribution in [2.24, 2.45) is 11.3 Å². The second kappa shape index (κ2) is 13.9. The summed E-state index contributed by atoms with van der Waals surface area (Å²) in [4.78, 5) is 61.9. The van der Waals surface area contributed by atoms with Gasteiger partial charge in [0.1, 0.15) is 40.8 Å². The normalized spacial score (nSPS) is 24.7. The minimum absolute atomic E-state index is 0.00376. The summed E-state index contributed by atoms with van der Waals surface area (Å²) < 4.78 is 39.8. The van der Waals surface area contributed by atoms with E-state index >= 15 is 0 Å². The number of nitrogens with zero attached hydrogens (tertiary/aromatic N) is 2. The first-order valence-electron chi connectivity index (χ1n) is 18.5. The Morgan fingerprint density at radius 2 is 1.76 bits per heavy atom. The lowest BCUT2D eigenvalue weighted by Gasteiger charge is -2.36. The molecule has 4 fully saturated rings. The second-order valence-corrected chi connectivity index (χ2v) is 18.2. The molecule has 2 heterocycles. The molecule has 0 spiro atoms. The largest absolute Gasteiger partial charge is 0.497 e. The summed E-state index contributed by atoms with van der Waals surface area (Å²) in [6, 6.07) is 14.4. The van der Waals surface area contributed by atoms with Gasteiger partial charge in [-0.05, 0) is 49.7 Å². The SMILES string of the molecule is C=C[C@@H]1C[C@]1(NC(=O)C1C[C@@H](Oc2cc(-c3ccccc3)nc3cc(OC)ccc23)CN1C(=O)[C@@H](NC(=O)C1(O)CC1)C(C)(C)C)C(=O)NS(=O)(=O)C1CC1. The fraction of sp³-hybridized carbons (Fsp3) is 0.475. The molecule has 15 heteroatoms. The van der Waals surface area contributed by atoms with Gasteiger partial charge in [0.15, 0.2) is 0 Å². The number of carbonyl (C=O) groups excluding carboxylic acids is 4. The number of rotatable bonds is 13. The van der Waals surface area contributed by atoms with E-state index in [0.717, 1.165) is 5.56 Å². The van der Waals surface area contributed by atoms with Crippen LogP contribution in [0.3, 0.4) is 0 Å². The van der Waals surface area contributed by atoms with Gasteiger partial charge in [0.2, 0.25) is 21.8 Å². The molecule has 7 rings (SSSR count). The van der Waals surface area contributed by atoms with E-state index in [9.17, 15) is 32.7 Å². The lowest BCUT2D eigenvalue weighted by molar-refractivity contribution is -0.146. The first-order chi connectivity index (χ1) is 26.0. The van der Waals surface area contributed by atoms with Crippen LogP contribution in [0.2, 0.25) is 0 Å². The molecule has 1 saturated heterocycles. The van der Waals surface area contributed by atoms with Crippen LogP contribution in [0.15, 0.2) is 67.3 Å². The molecular weight excluding hydrogens is 727 g/mol. The molecule has 1 aromatic heterocycles. The Hall–Kier alpha value is -5.02. The lowest BCUT2D eigenvalue weighted by Crippen LogP contribution is -2.61. The van der Waals surface area contributed by atoms with Crippen LogP contribution in [0.4, 0.5) is 0 Å². The van der Waals surface area contributed by atoms with Crippen molar-refractivity contribution in [3.8, 4) is 22.8 Å². The van der Waals surface area contributed by atoms with Gasteiger partial charge in [0, 0.05) is 35.4 Å². The summed E-state index contributed by atoms with van der Waals surface area (Å²) in [5.74, 6) is -2.27. The molecule has 4 aliphatic rings. The van der Waals surface area contributed by atoms with Gasteiger partial charge >= 0.3 is 0 Å². The van der Waals surface area contributed by atoms with Crippen LogP contribution >= 0.6 is 0 Å². The zero-order valence-corrected chi connectivity index (χ0v) is 32.1. The third kappa shape index (κ3) is 7.64. The number of amides is 4. The summed E-state index contributed by atoms with van der Waals surface area (Å²) in [6.07, 6.45) is 2.33. The van der Waals surface area contributed by atoms with E-state index in [4.69, 9.17) is 14.5 Å². The Bertz CT molecular complexity index is 2160. The molecule has 14 nitrogen and oxygen atoms in total. The zero-order valence-electron chi connectivity index (χ0n) is 31.3. The number of sulfonamides is 1. The molecule has 4 amide bonds. The number of pyridine rings is 1. The Labute approximate surface area is 320 Å². The Balaban J connectivity index is 1.22. The molecule has 1 aliphatic heterocycles. The average Bonchev–Trinajstić information content (AvgIpc) is 4.08. The molecule has 292 valence electrons. The highest BCUT2D eigenvalue weighted by Crippen LogP contribution is 2.46. The lowest BCUT2D eigenvalue weighted by atomic mass is 9.85. The summed E-state index contributed by atoms with van der Waals surface area (Å²) >= 11 is 0. The maximum absolute atomic E-state index is 14.6. The molecule has 55 heavy (non-hydrogen) atoms. The van der Waals surface area contributed by atoms with Gasteiger partial charge in [0.25, 0.3) is 11.8 Å². The van der Waals surface area contributed by atoms with Gasteiger partial charge in [-0.1, -0.05) is 57.2 Å². The van der Waals surface area contributed by atoms with Gasteiger partial charge in [-0.2, -0.15) is 0 Å². The highest BCUT2D eigenvalue weighted by molar-refractivity contribution is 7.91. The molecule has 0 bridgehead atoms. The van der Waals surface area contributed by atoms with Crippen molar-refractivity contribution in [1.82, 2.24) is 25.2 Å². The molecule has 0 radical (unpaired) electrons. The Morgan fingerprint density at radius 3 is 2.36 bits per heavy atom. The second-order valence-electron chi connectivity index (χ2n) is 16.2. The smallest absolute Gasteiger partial charge is 0.259 e. The van der Waals surface area contributed by atoms with Crippen LogP contribution in [-0.2, 0) is 29.2 Å². The Morgan fingerprint density at radius 1 is 1.05 bits per heavy atom. The van der Waals surface area contributed by atoms with Crippen molar-refractivity contribution in [2.75, 3.05) is 13.7 Å². The number of aromatic nitrogens is 1. The first kappa shape index (κ1) is 38.3. The number of benzene rings is 2. The molecule has 2 aromatic carbocycles. The number of hydrogen-bond acceptors (Lipinski definition) is 10. The van der Waals surface area contributed by atoms with Crippen molar-refractivity contribution in [3.05, 3.63) is 67.3 Å². The minimum atomic E-state index is -3.92. The molecule has 5 atom stereocenters. The van der Waals surface area contributed by atoms with Gasteiger partial charge in [0.05, 0.1) is 30.1 Å². The Kier molecular flexibility index (Phi) is 9.69. The fourth-order valence-corrected chi connectivity index (χ4v) is 8.52. The van der Waals surface area contributed by atoms with Crippen LogP contribution in [0, 0.1) is 11.3 Å². The van der Waals surface area contributed by atoms with Gasteiger partial charge in [-0.3, -0.25) is 23.9 Å². The molecule has 4 N–H and O–H groups in total. The third-order valence-electron chi connectivity index (χ3n) is 11.0. The number of fused-ring (bicyclic) bond motifs is 1. The first-order valence-corrected chi connectivity index (χ1v) is 20.1. The summed E-state index contributed by atoms with van der Waals surface area (Å²) in [7, 11) is -2.36. The number of aliphatic hydroxyl groups is 1. The van der Waals surface area contributed by atoms with E-state index in [2.05, 4.69) is 21.9 Å². The predicted octanol–water partition coefficient (Wildman–Crippen LogP) is 2.98. The van der Waals surface area contributed by atoms with E-state index < -0.39 is 79.6 Å². The van der Waals surface area contributed by atoms with Gasteiger partial charge < -0.3 is 30.1 Å². The molecule has 1 unspecified atom stereocenters. The summed E-state index contributed by atoms with van der Waals surface area (Å²) in [5, 5.41) is 16.1. The predicted molar refractivity (Wildman–Crippen MR) is 203 cm³/mol. The van der Waals surface area contributed by atoms with E-state index in [1.807, 2.05) is 36.4 Å². The number of methoxy groups -OCH3 is 1. The van der Waals surface area contributed by atoms with Crippen molar-refractivity contribution >= 4 is 44.6 Å². The molecule has 3 aliphatic carbocycles. The van der Waals surface area contributed by atoms with Gasteiger partial charge in [-0.25, -0.2) is 13.4 Å². The molecule has 3 aromatic rings. The number of nitrogens with one attached hydrogen (secondary N) is 3. The van der Waals surface area contributed by atoms with Crippen molar-refractivity contribution in [1.29, 1.82) is 0 Å². The molecular formula is C40H47N5O9S. The highest BCUT2D eigenvalue weighted by Gasteiger charge is 2.62. The van der Waals surface area contributed by atoms with E-state index in [-0.39, 0.29) is 32.2 Å². The molecule has 3 saturated carbocycles. The maximum Gasteiger partial charge on any atom is 0.259 e. The quantitative estimate of drug-likeness (QED) is 0.188. The van der Waals surface area contributed by atoms with Gasteiger partial charge in [-0.15, -0.1) is 6.58 Å². The maximum atomic E-state index is 14.6. The van der Waals surface area contributed by atoms with Crippen molar-refractivity contribution in [2.45, 2.75) is 93.9 Å². The van der Waals surface area contributed by atoms with Crippen molar-refractivity contribution in [3.63, 3.8) is 0 Å². The zero-order chi connectivity index (χ0) is 39.5. The van der Waals surface area contributed by atoms with Crippen LogP contribution in [0.5, 0.6) is 11.5 Å². The van der Waals surface area contributed by atoms with Crippen LogP contribution in [0.25, 0.3) is 22.2 Å². The highest BCUT2D eigenvalue weighted by atomic mass is 32.2. The van der Waals surface area contributed by atoms with E-state index in [1.54, 1.807) is 46.1 Å². The number of likely N-dealkylation sites (tertiary alicyclic amines) is 1. The van der Waals surface area contributed by atoms with Crippen LogP contribution in [0.1, 0.15) is 59.3 Å². The monoisotopic (exact) mass is 773 g/mol. The van der Waals surface area contributed by atoms with Crippen LogP contribution < -0.4 is 24.8 Å². The van der Waals surface area contributed by atoms with Crippen molar-refractivity contribution < 1.29 is 42.2 Å². The minimum Gasteiger partial charge on any atom is -0.497 e. The van der Waals surface area contributed by atoms with E-state index in [0.29, 0.717) is 40.9 Å². The number of hydrogen-bond donors (Lipinski definition) is 4. The summed E-state index contributed by atoms with van der Waals surface area (Å²) in [6.45, 7) is 9.03. The topological polar surface area (TPSA) is 193 Å². The standard InChI is InChI=1S/C40H47N5O9S/c1-6-24-21-40(24,37(49)44-55(51,52)27-13-14-27)43-34(46)31-19-26(22-45(31)35(47)33(38(2,3)4)42-36(48)39(50)16-17-39)54-32-20-29(23-10-8-7-9-11-23)41-30-18-25(53-5)12-15-28(30)32/h6-12,15,18,20,24,26-27,31,33,50H,1,13-14,16-17,19,21-22H2,2-5H3,(H,42,48)(H,43,46)(H,44,49)/t24-,26-,31?,33-,40-/m1/s1. The number of carbonyl (C=O) groups is 4. The number of ether oxygens (including phenoxy) is 2. The fourth-order valence-electron chi connectivity index (χ4n) is 7.16. The van der Waals surface area contributed by atoms with Crippen LogP contribution in [-0.4, -0.2) is 95.3 Å². The third-order valence-corrected chi connectivity index (χ3v) is 12.8. The van der Waals surface area contributed by atoms with E-state index in [1.165, 1.54) is 11.0 Å². The average molecular weight is 774 g/mol. The summed E-state index contributed by atoms with van der Waals surface area (Å²) in [5.41, 5.74) is -1.90.